The predicted octanol–water partition coefficient (Wildman–Crippen LogP) is -3.13. The number of carbonyl (C=O) groups is 1. The third-order valence-electron chi connectivity index (χ3n) is 5.81. The van der Waals surface area contributed by atoms with Crippen molar-refractivity contribution < 1.29 is 9.18 Å². The molecule has 0 aromatic carbocycles. The smallest absolute Gasteiger partial charge is 0.229 e. The summed E-state index contributed by atoms with van der Waals surface area (Å²) in [7, 11) is 2.01. The first kappa shape index (κ1) is 18.0. The molecule has 6 atom stereocenters. The van der Waals surface area contributed by atoms with Crippen LogP contribution < -0.4 is 38.1 Å². The van der Waals surface area contributed by atoms with Gasteiger partial charge in [0.2, 0.25) is 5.91 Å². The van der Waals surface area contributed by atoms with Gasteiger partial charge in [0.25, 0.3) is 0 Å². The molecule has 0 spiro atoms. The summed E-state index contributed by atoms with van der Waals surface area (Å²) in [5.41, 5.74) is 15.3. The van der Waals surface area contributed by atoms with Crippen LogP contribution in [-0.4, -0.2) is 73.6 Å². The number of nitrogens with zero attached hydrogens (tertiary/aromatic N) is 2. The van der Waals surface area contributed by atoms with Gasteiger partial charge in [-0.3, -0.25) is 15.1 Å². The van der Waals surface area contributed by atoms with Gasteiger partial charge in [-0.2, -0.15) is 5.53 Å². The van der Waals surface area contributed by atoms with Crippen molar-refractivity contribution in [2.75, 3.05) is 33.2 Å². The highest BCUT2D eigenvalue weighted by Gasteiger charge is 2.46. The zero-order chi connectivity index (χ0) is 18.3. The Morgan fingerprint density at radius 2 is 2.27 bits per heavy atom. The SMILES string of the molecule is CN1NNCC1C1CCNCC1NC(=O)C1C(N)NN2C=C(F)CNC12. The van der Waals surface area contributed by atoms with E-state index in [1.54, 1.807) is 5.01 Å². The highest BCUT2D eigenvalue weighted by Crippen LogP contribution is 2.25. The van der Waals surface area contributed by atoms with E-state index in [0.29, 0.717) is 12.0 Å². The lowest BCUT2D eigenvalue weighted by Gasteiger charge is -2.39. The third-order valence-corrected chi connectivity index (χ3v) is 5.81. The molecule has 0 aromatic rings. The van der Waals surface area contributed by atoms with Crippen LogP contribution in [0.15, 0.2) is 12.0 Å². The molecule has 10 nitrogen and oxygen atoms in total. The molecule has 6 unspecified atom stereocenters. The van der Waals surface area contributed by atoms with Gasteiger partial charge < -0.3 is 16.4 Å². The Kier molecular flexibility index (Phi) is 5.10. The van der Waals surface area contributed by atoms with Crippen molar-refractivity contribution in [1.82, 2.24) is 42.4 Å². The molecule has 4 heterocycles. The first-order chi connectivity index (χ1) is 12.5. The summed E-state index contributed by atoms with van der Waals surface area (Å²) in [4.78, 5) is 13.0. The number of carbonyl (C=O) groups excluding carboxylic acids is 1. The quantitative estimate of drug-likeness (QED) is 0.277. The molecule has 146 valence electrons. The first-order valence-corrected chi connectivity index (χ1v) is 9.16. The number of likely N-dealkylation sites (N-methyl/N-ethyl adjacent to an activating group) is 1. The molecule has 1 amide bonds. The Hall–Kier alpha value is -1.34. The molecule has 0 saturated carbocycles. The van der Waals surface area contributed by atoms with Crippen molar-refractivity contribution in [3.8, 4) is 0 Å². The maximum absolute atomic E-state index is 13.5. The van der Waals surface area contributed by atoms with Gasteiger partial charge in [0.1, 0.15) is 17.9 Å². The van der Waals surface area contributed by atoms with E-state index < -0.39 is 12.1 Å². The number of amides is 1. The van der Waals surface area contributed by atoms with E-state index in [4.69, 9.17) is 5.73 Å². The van der Waals surface area contributed by atoms with E-state index >= 15 is 0 Å². The van der Waals surface area contributed by atoms with E-state index in [1.807, 2.05) is 7.05 Å². The zero-order valence-corrected chi connectivity index (χ0v) is 14.8. The molecule has 3 saturated heterocycles. The fourth-order valence-corrected chi connectivity index (χ4v) is 4.46. The molecule has 11 heteroatoms. The second-order valence-electron chi connectivity index (χ2n) is 7.43. The molecular formula is C15H28FN9O. The van der Waals surface area contributed by atoms with E-state index in [9.17, 15) is 9.18 Å². The van der Waals surface area contributed by atoms with Gasteiger partial charge in [-0.15, -0.1) is 0 Å². The fourth-order valence-electron chi connectivity index (χ4n) is 4.46. The Labute approximate surface area is 152 Å². The molecule has 4 aliphatic heterocycles. The summed E-state index contributed by atoms with van der Waals surface area (Å²) in [6.07, 6.45) is 1.43. The van der Waals surface area contributed by atoms with Gasteiger partial charge in [-0.05, 0) is 18.9 Å². The molecule has 0 radical (unpaired) electrons. The fraction of sp³-hybridized carbons (Fsp3) is 0.800. The minimum absolute atomic E-state index is 0.0162. The lowest BCUT2D eigenvalue weighted by molar-refractivity contribution is -0.127. The lowest BCUT2D eigenvalue weighted by Crippen LogP contribution is -2.60. The summed E-state index contributed by atoms with van der Waals surface area (Å²) in [5, 5.41) is 13.2. The topological polar surface area (TPSA) is 122 Å². The zero-order valence-electron chi connectivity index (χ0n) is 14.8. The van der Waals surface area contributed by atoms with Gasteiger partial charge >= 0.3 is 0 Å². The Morgan fingerprint density at radius 3 is 3.04 bits per heavy atom. The maximum atomic E-state index is 13.5. The molecule has 8 N–H and O–H groups in total. The Bertz CT molecular complexity index is 575. The molecule has 0 aliphatic carbocycles. The number of rotatable bonds is 3. The van der Waals surface area contributed by atoms with Crippen molar-refractivity contribution in [2.24, 2.45) is 17.6 Å². The van der Waals surface area contributed by atoms with Gasteiger partial charge in [0.15, 0.2) is 0 Å². The number of nitrogens with one attached hydrogen (secondary N) is 6. The van der Waals surface area contributed by atoms with E-state index in [0.717, 1.165) is 26.1 Å². The van der Waals surface area contributed by atoms with Crippen LogP contribution in [0.2, 0.25) is 0 Å². The minimum atomic E-state index is -0.567. The van der Waals surface area contributed by atoms with Crippen LogP contribution in [0.4, 0.5) is 4.39 Å². The van der Waals surface area contributed by atoms with E-state index in [2.05, 4.69) is 37.3 Å². The number of hydrogen-bond acceptors (Lipinski definition) is 9. The van der Waals surface area contributed by atoms with Crippen LogP contribution in [0.5, 0.6) is 0 Å². The van der Waals surface area contributed by atoms with E-state index in [1.165, 1.54) is 6.20 Å². The molecule has 0 aromatic heterocycles. The number of halogens is 1. The largest absolute Gasteiger partial charge is 0.351 e. The van der Waals surface area contributed by atoms with Crippen molar-refractivity contribution in [3.05, 3.63) is 12.0 Å². The average molecular weight is 369 g/mol. The van der Waals surface area contributed by atoms with Crippen molar-refractivity contribution in [1.29, 1.82) is 0 Å². The van der Waals surface area contributed by atoms with Crippen LogP contribution in [-0.2, 0) is 4.79 Å². The molecule has 26 heavy (non-hydrogen) atoms. The van der Waals surface area contributed by atoms with Crippen molar-refractivity contribution in [3.63, 3.8) is 0 Å². The van der Waals surface area contributed by atoms with Gasteiger partial charge in [0, 0.05) is 32.2 Å². The number of hydrogen-bond donors (Lipinski definition) is 7. The number of nitrogens with two attached hydrogens (primary N) is 1. The maximum Gasteiger partial charge on any atom is 0.229 e. The summed E-state index contributed by atoms with van der Waals surface area (Å²) < 4.78 is 13.5. The molecule has 0 bridgehead atoms. The third kappa shape index (κ3) is 3.31. The van der Waals surface area contributed by atoms with Gasteiger partial charge in [0.05, 0.1) is 18.9 Å². The molecule has 3 fully saturated rings. The number of hydrazine groups is 3. The Morgan fingerprint density at radius 1 is 1.42 bits per heavy atom. The highest BCUT2D eigenvalue weighted by molar-refractivity contribution is 5.81. The standard InChI is InChI=1S/C15H28FN9O/c1-24-11(6-20-23-24)9-2-3-18-5-10(9)21-15(26)12-13(17)22-25-7-8(16)4-19-14(12)25/h7,9-14,18-20,22-23H,2-6,17H2,1H3,(H,21,26). The molecule has 4 rings (SSSR count). The summed E-state index contributed by atoms with van der Waals surface area (Å²) in [5.74, 6) is -0.575. The number of piperidine rings is 1. The second kappa shape index (κ2) is 7.35. The predicted molar refractivity (Wildman–Crippen MR) is 93.0 cm³/mol. The number of fused-ring (bicyclic) bond motifs is 1. The van der Waals surface area contributed by atoms with Gasteiger partial charge in [-0.1, -0.05) is 0 Å². The van der Waals surface area contributed by atoms with Crippen LogP contribution >= 0.6 is 0 Å². The monoisotopic (exact) mass is 369 g/mol. The van der Waals surface area contributed by atoms with E-state index in [-0.39, 0.29) is 30.5 Å². The molecular weight excluding hydrogens is 341 g/mol. The van der Waals surface area contributed by atoms with Crippen molar-refractivity contribution in [2.45, 2.75) is 30.8 Å². The normalized spacial score (nSPS) is 41.0. The van der Waals surface area contributed by atoms with Crippen molar-refractivity contribution >= 4 is 5.91 Å². The van der Waals surface area contributed by atoms with Crippen LogP contribution in [0.25, 0.3) is 0 Å². The van der Waals surface area contributed by atoms with Crippen LogP contribution in [0.1, 0.15) is 6.42 Å². The first-order valence-electron chi connectivity index (χ1n) is 9.16. The second-order valence-corrected chi connectivity index (χ2v) is 7.43. The minimum Gasteiger partial charge on any atom is -0.351 e. The average Bonchev–Trinajstić information content (AvgIpc) is 3.17. The summed E-state index contributed by atoms with van der Waals surface area (Å²) in [6, 6.07) is 0.321. The molecule has 4 aliphatic rings. The lowest BCUT2D eigenvalue weighted by atomic mass is 9.85. The highest BCUT2D eigenvalue weighted by atomic mass is 19.1. The summed E-state index contributed by atoms with van der Waals surface area (Å²) in [6.45, 7) is 2.61. The van der Waals surface area contributed by atoms with Gasteiger partial charge in [-0.25, -0.2) is 20.3 Å². The van der Waals surface area contributed by atoms with Crippen LogP contribution in [0, 0.1) is 11.8 Å². The Balaban J connectivity index is 1.44. The van der Waals surface area contributed by atoms with Crippen LogP contribution in [0.3, 0.4) is 0 Å². The summed E-state index contributed by atoms with van der Waals surface area (Å²) >= 11 is 0.